The van der Waals surface area contributed by atoms with Crippen LogP contribution in [0.3, 0.4) is 0 Å². The van der Waals surface area contributed by atoms with Gasteiger partial charge in [-0.25, -0.2) is 0 Å². The molecule has 1 aromatic rings. The van der Waals surface area contributed by atoms with E-state index in [-0.39, 0.29) is 29.2 Å². The molecule has 0 aromatic heterocycles. The van der Waals surface area contributed by atoms with E-state index in [1.807, 2.05) is 33.8 Å². The van der Waals surface area contributed by atoms with Crippen LogP contribution in [0.2, 0.25) is 5.02 Å². The Bertz CT molecular complexity index is 1000. The lowest BCUT2D eigenvalue weighted by Gasteiger charge is -2.38. The molecule has 192 valence electrons. The molecule has 4 rings (SSSR count). The van der Waals surface area contributed by atoms with Crippen molar-refractivity contribution in [2.45, 2.75) is 69.2 Å². The van der Waals surface area contributed by atoms with Gasteiger partial charge in [-0.3, -0.25) is 14.4 Å². The summed E-state index contributed by atoms with van der Waals surface area (Å²) in [7, 11) is 0. The van der Waals surface area contributed by atoms with E-state index in [2.05, 4.69) is 26.6 Å². The van der Waals surface area contributed by atoms with E-state index in [1.165, 1.54) is 4.90 Å². The Morgan fingerprint density at radius 1 is 1.34 bits per heavy atom. The fourth-order valence-electron chi connectivity index (χ4n) is 5.99. The normalized spacial score (nSPS) is 32.2. The number of fused-ring (bicyclic) bond motifs is 1. The minimum absolute atomic E-state index is 0.124. The molecule has 8 nitrogen and oxygen atoms in total. The van der Waals surface area contributed by atoms with Gasteiger partial charge in [-0.15, -0.1) is 0 Å². The molecular weight excluding hydrogens is 538 g/mol. The number of aliphatic hydroxyl groups is 1. The predicted molar refractivity (Wildman–Crippen MR) is 136 cm³/mol. The second kappa shape index (κ2) is 10.00. The fourth-order valence-corrected chi connectivity index (χ4v) is 7.20. The van der Waals surface area contributed by atoms with Gasteiger partial charge in [0.1, 0.15) is 11.6 Å². The molecule has 3 amide bonds. The first kappa shape index (κ1) is 26.4. The standard InChI is InChI=1S/C25H33BrClN3O5/c1-5-9-28-22(32)17-18-24(34)30(16(11-31)12(2)3)21(25(18)10-14(26)20(17)35-25)23(33)29-19-13(4)7-6-8-15(19)27/h6-8,12,14,16-18,20-21,31H,5,9-11H2,1-4H3,(H,28,32)(H,29,33)/t14?,16-,17-,18-,20-,21?,25?/m0/s1. The molecule has 3 aliphatic heterocycles. The summed E-state index contributed by atoms with van der Waals surface area (Å²) in [5, 5.41) is 16.5. The molecule has 0 aliphatic carbocycles. The number of amides is 3. The molecule has 2 bridgehead atoms. The van der Waals surface area contributed by atoms with E-state index in [0.29, 0.717) is 23.7 Å². The van der Waals surface area contributed by atoms with Crippen molar-refractivity contribution in [1.82, 2.24) is 10.2 Å². The summed E-state index contributed by atoms with van der Waals surface area (Å²) in [6.07, 6.45) is 0.643. The van der Waals surface area contributed by atoms with Crippen LogP contribution in [-0.4, -0.2) is 69.5 Å². The van der Waals surface area contributed by atoms with Crippen molar-refractivity contribution in [2.75, 3.05) is 18.5 Å². The molecule has 3 aliphatic rings. The van der Waals surface area contributed by atoms with Crippen LogP contribution in [0.25, 0.3) is 0 Å². The van der Waals surface area contributed by atoms with Crippen LogP contribution in [0.1, 0.15) is 39.2 Å². The van der Waals surface area contributed by atoms with Gasteiger partial charge in [0.2, 0.25) is 17.7 Å². The number of halogens is 2. The number of benzene rings is 1. The Labute approximate surface area is 219 Å². The molecule has 35 heavy (non-hydrogen) atoms. The number of ether oxygens (including phenoxy) is 1. The van der Waals surface area contributed by atoms with Crippen molar-refractivity contribution in [1.29, 1.82) is 0 Å². The molecule has 0 saturated carbocycles. The largest absolute Gasteiger partial charge is 0.394 e. The Kier molecular flexibility index (Phi) is 7.53. The Hall–Kier alpha value is -1.68. The summed E-state index contributed by atoms with van der Waals surface area (Å²) in [6, 6.07) is 3.69. The second-order valence-electron chi connectivity index (χ2n) is 10.1. The Balaban J connectivity index is 1.79. The smallest absolute Gasteiger partial charge is 0.250 e. The average Bonchev–Trinajstić information content (AvgIpc) is 3.39. The van der Waals surface area contributed by atoms with Crippen molar-refractivity contribution < 1.29 is 24.2 Å². The molecule has 7 atom stereocenters. The number of carbonyl (C=O) groups is 3. The maximum atomic E-state index is 14.0. The molecule has 3 unspecified atom stereocenters. The highest BCUT2D eigenvalue weighted by Gasteiger charge is 2.77. The highest BCUT2D eigenvalue weighted by molar-refractivity contribution is 9.09. The molecule has 3 heterocycles. The lowest BCUT2D eigenvalue weighted by molar-refractivity contribution is -0.145. The first-order valence-corrected chi connectivity index (χ1v) is 13.5. The zero-order chi connectivity index (χ0) is 25.7. The number of nitrogens with zero attached hydrogens (tertiary/aromatic N) is 1. The number of alkyl halides is 1. The van der Waals surface area contributed by atoms with Gasteiger partial charge in [-0.05, 0) is 37.3 Å². The van der Waals surface area contributed by atoms with E-state index in [0.717, 1.165) is 12.0 Å². The fraction of sp³-hybridized carbons (Fsp3) is 0.640. The second-order valence-corrected chi connectivity index (χ2v) is 11.7. The van der Waals surface area contributed by atoms with Crippen molar-refractivity contribution in [3.63, 3.8) is 0 Å². The topological polar surface area (TPSA) is 108 Å². The van der Waals surface area contributed by atoms with Gasteiger partial charge in [-0.2, -0.15) is 0 Å². The van der Waals surface area contributed by atoms with E-state index >= 15 is 0 Å². The van der Waals surface area contributed by atoms with Crippen LogP contribution in [0.15, 0.2) is 18.2 Å². The maximum absolute atomic E-state index is 14.0. The summed E-state index contributed by atoms with van der Waals surface area (Å²) >= 11 is 10.0. The molecule has 3 N–H and O–H groups in total. The van der Waals surface area contributed by atoms with Crippen molar-refractivity contribution in [3.8, 4) is 0 Å². The third-order valence-corrected chi connectivity index (χ3v) is 8.77. The molecular formula is C25H33BrClN3O5. The van der Waals surface area contributed by atoms with Gasteiger partial charge >= 0.3 is 0 Å². The minimum Gasteiger partial charge on any atom is -0.394 e. The highest BCUT2D eigenvalue weighted by atomic mass is 79.9. The van der Waals surface area contributed by atoms with Crippen molar-refractivity contribution >= 4 is 50.9 Å². The molecule has 0 radical (unpaired) electrons. The number of aryl methyl sites for hydroxylation is 1. The number of anilines is 1. The Morgan fingerprint density at radius 3 is 2.66 bits per heavy atom. The monoisotopic (exact) mass is 569 g/mol. The van der Waals surface area contributed by atoms with E-state index in [9.17, 15) is 19.5 Å². The number of hydrogen-bond donors (Lipinski definition) is 3. The van der Waals surface area contributed by atoms with Gasteiger partial charge in [0.05, 0.1) is 41.3 Å². The lowest BCUT2D eigenvalue weighted by atomic mass is 9.70. The number of nitrogens with one attached hydrogen (secondary N) is 2. The van der Waals surface area contributed by atoms with Gasteiger partial charge < -0.3 is 25.4 Å². The van der Waals surface area contributed by atoms with Gasteiger partial charge in [-0.1, -0.05) is 60.4 Å². The van der Waals surface area contributed by atoms with Crippen LogP contribution in [-0.2, 0) is 19.1 Å². The molecule has 3 saturated heterocycles. The third kappa shape index (κ3) is 4.18. The SMILES string of the molecule is CCCNC(=O)[C@H]1[C@H]2C(=O)N([C@@H](CO)C(C)C)C(C(=O)Nc3c(C)cccc3Cl)C23CC(Br)[C@@H]1O3. The number of likely N-dealkylation sites (tertiary alicyclic amines) is 1. The summed E-state index contributed by atoms with van der Waals surface area (Å²) in [5.41, 5.74) is 0.0629. The van der Waals surface area contributed by atoms with Crippen molar-refractivity contribution in [3.05, 3.63) is 28.8 Å². The summed E-state index contributed by atoms with van der Waals surface area (Å²) < 4.78 is 6.47. The summed E-state index contributed by atoms with van der Waals surface area (Å²) in [4.78, 5) is 42.5. The molecule has 10 heteroatoms. The number of aliphatic hydroxyl groups excluding tert-OH is 1. The van der Waals surface area contributed by atoms with Crippen LogP contribution in [0.5, 0.6) is 0 Å². The van der Waals surface area contributed by atoms with E-state index in [4.69, 9.17) is 16.3 Å². The quantitative estimate of drug-likeness (QED) is 0.417. The zero-order valence-corrected chi connectivity index (χ0v) is 22.7. The summed E-state index contributed by atoms with van der Waals surface area (Å²) in [6.45, 7) is 7.77. The van der Waals surface area contributed by atoms with Crippen molar-refractivity contribution in [2.24, 2.45) is 17.8 Å². The van der Waals surface area contributed by atoms with Crippen LogP contribution < -0.4 is 10.6 Å². The average molecular weight is 571 g/mol. The summed E-state index contributed by atoms with van der Waals surface area (Å²) in [5.74, 6) is -2.66. The zero-order valence-electron chi connectivity index (χ0n) is 20.4. The number of para-hydroxylation sites is 1. The first-order chi connectivity index (χ1) is 16.6. The lowest BCUT2D eigenvalue weighted by Crippen LogP contribution is -2.57. The maximum Gasteiger partial charge on any atom is 0.250 e. The van der Waals surface area contributed by atoms with Gasteiger partial charge in [0, 0.05) is 11.4 Å². The first-order valence-electron chi connectivity index (χ1n) is 12.2. The van der Waals surface area contributed by atoms with Crippen LogP contribution >= 0.6 is 27.5 Å². The molecule has 1 spiro atoms. The highest BCUT2D eigenvalue weighted by Crippen LogP contribution is 2.60. The van der Waals surface area contributed by atoms with E-state index < -0.39 is 41.5 Å². The van der Waals surface area contributed by atoms with E-state index in [1.54, 1.807) is 12.1 Å². The molecule has 1 aromatic carbocycles. The van der Waals surface area contributed by atoms with Crippen LogP contribution in [0.4, 0.5) is 5.69 Å². The Morgan fingerprint density at radius 2 is 2.06 bits per heavy atom. The van der Waals surface area contributed by atoms with Gasteiger partial charge in [0.15, 0.2) is 0 Å². The van der Waals surface area contributed by atoms with Crippen LogP contribution in [0, 0.1) is 24.7 Å². The number of hydrogen-bond acceptors (Lipinski definition) is 5. The molecule has 3 fully saturated rings. The minimum atomic E-state index is -1.19. The predicted octanol–water partition coefficient (Wildman–Crippen LogP) is 2.88. The number of carbonyl (C=O) groups excluding carboxylic acids is 3. The number of rotatable bonds is 8. The van der Waals surface area contributed by atoms with Gasteiger partial charge in [0.25, 0.3) is 0 Å². The third-order valence-electron chi connectivity index (χ3n) is 7.61.